The Kier molecular flexibility index (Phi) is 31.6. The van der Waals surface area contributed by atoms with Crippen LogP contribution in [-0.4, -0.2) is 67.2 Å². The van der Waals surface area contributed by atoms with Crippen LogP contribution in [0.25, 0.3) is 0 Å². The molecule has 1 aliphatic heterocycles. The van der Waals surface area contributed by atoms with Gasteiger partial charge >= 0.3 is 0 Å². The smallest absolute Gasteiger partial charge is 0.188 e. The molecule has 0 saturated carbocycles. The second kappa shape index (κ2) is 33.0. The Labute approximate surface area is 280 Å². The number of carbonyl (C=O) groups excluding carboxylic acids is 1. The summed E-state index contributed by atoms with van der Waals surface area (Å²) in [4.78, 5) is 12.5. The molecule has 0 aromatic heterocycles. The number of hydrogen-bond donors (Lipinski definition) is 2. The fraction of sp³-hybridized carbons (Fsp3) is 0.973. The minimum atomic E-state index is -1.05. The maximum Gasteiger partial charge on any atom is 0.188 e. The van der Waals surface area contributed by atoms with Gasteiger partial charge in [0.1, 0.15) is 15.8 Å². The molecule has 0 bridgehead atoms. The minimum absolute atomic E-state index is 0.169. The molecule has 1 aliphatic rings. The number of aliphatic hydroxyl groups excluding tert-OH is 2. The fourth-order valence-electron chi connectivity index (χ4n) is 6.99. The molecular weight excluding hydrogens is 583 g/mol. The lowest BCUT2D eigenvalue weighted by molar-refractivity contribution is -0.111. The lowest BCUT2D eigenvalue weighted by Crippen LogP contribution is -2.48. The molecule has 2 unspecified atom stereocenters. The zero-order valence-electron chi connectivity index (χ0n) is 29.3. The van der Waals surface area contributed by atoms with E-state index in [1.165, 1.54) is 166 Å². The standard InChI is InChI=1S/C37H75NO4SSi/c1-2-3-4-5-6-9-13-16-21-27-37(41)43-32-25-34-44-33-24-19-17-22-29-38(44)36(28-31-42-35-40)26-20-15-12-10-7-8-11-14-18-23-30-39/h36,39-40,44H,2-35H2,1H3. The molecule has 44 heavy (non-hydrogen) atoms. The fourth-order valence-corrected chi connectivity index (χ4v) is 11.9. The van der Waals surface area contributed by atoms with Crippen LogP contribution in [0.4, 0.5) is 0 Å². The topological polar surface area (TPSA) is 70.0 Å². The minimum Gasteiger partial charge on any atom is -0.396 e. The van der Waals surface area contributed by atoms with Crippen molar-refractivity contribution in [2.24, 2.45) is 0 Å². The number of carbonyl (C=O) groups is 1. The van der Waals surface area contributed by atoms with Crippen molar-refractivity contribution in [3.63, 3.8) is 0 Å². The molecule has 0 aromatic rings. The summed E-state index contributed by atoms with van der Waals surface area (Å²) in [7, 11) is -1.05. The molecule has 0 amide bonds. The van der Waals surface area contributed by atoms with Gasteiger partial charge in [0.25, 0.3) is 0 Å². The monoisotopic (exact) mass is 658 g/mol. The van der Waals surface area contributed by atoms with Crippen molar-refractivity contribution in [1.29, 1.82) is 0 Å². The number of rotatable bonds is 31. The molecule has 5 nitrogen and oxygen atoms in total. The van der Waals surface area contributed by atoms with Gasteiger partial charge in [-0.25, -0.2) is 0 Å². The summed E-state index contributed by atoms with van der Waals surface area (Å²) in [6, 6.07) is 3.37. The van der Waals surface area contributed by atoms with Crippen LogP contribution in [-0.2, 0) is 9.53 Å². The summed E-state index contributed by atoms with van der Waals surface area (Å²) in [5.74, 6) is 1.01. The third kappa shape index (κ3) is 25.2. The number of ether oxygens (including phenoxy) is 1. The third-order valence-corrected chi connectivity index (χ3v) is 14.5. The quantitative estimate of drug-likeness (QED) is 0.0439. The van der Waals surface area contributed by atoms with Crippen molar-refractivity contribution in [1.82, 2.24) is 4.57 Å². The van der Waals surface area contributed by atoms with Gasteiger partial charge in [-0.1, -0.05) is 147 Å². The maximum atomic E-state index is 12.5. The second-order valence-corrected chi connectivity index (χ2v) is 17.8. The van der Waals surface area contributed by atoms with Crippen LogP contribution >= 0.6 is 11.8 Å². The predicted octanol–water partition coefficient (Wildman–Crippen LogP) is 10.2. The van der Waals surface area contributed by atoms with Crippen molar-refractivity contribution < 1.29 is 19.7 Å². The Hall–Kier alpha value is 0.0769. The van der Waals surface area contributed by atoms with Gasteiger partial charge in [-0.15, -0.1) is 0 Å². The lowest BCUT2D eigenvalue weighted by Gasteiger charge is -2.39. The van der Waals surface area contributed by atoms with Crippen molar-refractivity contribution in [3.8, 4) is 0 Å². The zero-order chi connectivity index (χ0) is 31.8. The molecule has 2 atom stereocenters. The van der Waals surface area contributed by atoms with E-state index in [0.717, 1.165) is 31.4 Å². The Morgan fingerprint density at radius 2 is 1.32 bits per heavy atom. The third-order valence-electron chi connectivity index (χ3n) is 9.70. The van der Waals surface area contributed by atoms with Crippen LogP contribution in [0.5, 0.6) is 0 Å². The van der Waals surface area contributed by atoms with Crippen LogP contribution in [0.1, 0.15) is 180 Å². The highest BCUT2D eigenvalue weighted by molar-refractivity contribution is 8.13. The Balaban J connectivity index is 2.37. The lowest BCUT2D eigenvalue weighted by atomic mass is 10.0. The van der Waals surface area contributed by atoms with Gasteiger partial charge in [0.05, 0.1) is 6.61 Å². The van der Waals surface area contributed by atoms with Gasteiger partial charge in [0.15, 0.2) is 5.12 Å². The van der Waals surface area contributed by atoms with Gasteiger partial charge in [-0.2, -0.15) is 0 Å². The maximum absolute atomic E-state index is 12.5. The molecule has 0 spiro atoms. The summed E-state index contributed by atoms with van der Waals surface area (Å²) in [6.45, 7) is 4.36. The van der Waals surface area contributed by atoms with E-state index in [-0.39, 0.29) is 6.79 Å². The first-order valence-corrected chi connectivity index (χ1v) is 22.6. The molecule has 1 fully saturated rings. The molecular formula is C37H75NO4SSi. The number of aliphatic hydroxyl groups is 2. The summed E-state index contributed by atoms with van der Waals surface area (Å²) in [5, 5.41) is 18.6. The summed E-state index contributed by atoms with van der Waals surface area (Å²) in [5.41, 5.74) is 0. The van der Waals surface area contributed by atoms with E-state index in [9.17, 15) is 9.90 Å². The number of nitrogens with zero attached hydrogens (tertiary/aromatic N) is 1. The number of hydrogen-bond acceptors (Lipinski definition) is 6. The van der Waals surface area contributed by atoms with Gasteiger partial charge in [0.2, 0.25) is 0 Å². The van der Waals surface area contributed by atoms with Crippen LogP contribution < -0.4 is 0 Å². The van der Waals surface area contributed by atoms with Crippen LogP contribution in [0.15, 0.2) is 0 Å². The average molecular weight is 658 g/mol. The van der Waals surface area contributed by atoms with Crippen molar-refractivity contribution in [3.05, 3.63) is 0 Å². The van der Waals surface area contributed by atoms with Crippen molar-refractivity contribution in [2.75, 3.05) is 32.3 Å². The van der Waals surface area contributed by atoms with Crippen molar-refractivity contribution >= 4 is 25.8 Å². The van der Waals surface area contributed by atoms with E-state index in [2.05, 4.69) is 11.5 Å². The van der Waals surface area contributed by atoms with E-state index < -0.39 is 8.96 Å². The van der Waals surface area contributed by atoms with E-state index >= 15 is 0 Å². The van der Waals surface area contributed by atoms with E-state index in [4.69, 9.17) is 9.84 Å². The highest BCUT2D eigenvalue weighted by Gasteiger charge is 2.27. The van der Waals surface area contributed by atoms with Crippen molar-refractivity contribution in [2.45, 2.75) is 198 Å². The predicted molar refractivity (Wildman–Crippen MR) is 195 cm³/mol. The van der Waals surface area contributed by atoms with Gasteiger partial charge in [-0.05, 0) is 57.2 Å². The van der Waals surface area contributed by atoms with E-state index in [1.807, 2.05) is 0 Å². The molecule has 2 N–H and O–H groups in total. The Bertz CT molecular complexity index is 614. The van der Waals surface area contributed by atoms with Crippen LogP contribution in [0.3, 0.4) is 0 Å². The van der Waals surface area contributed by atoms with Crippen LogP contribution in [0.2, 0.25) is 12.1 Å². The summed E-state index contributed by atoms with van der Waals surface area (Å²) < 4.78 is 8.41. The molecule has 1 rings (SSSR count). The Morgan fingerprint density at radius 1 is 0.727 bits per heavy atom. The molecule has 1 heterocycles. The zero-order valence-corrected chi connectivity index (χ0v) is 31.2. The first kappa shape index (κ1) is 42.1. The first-order valence-electron chi connectivity index (χ1n) is 19.4. The van der Waals surface area contributed by atoms with Crippen LogP contribution in [0, 0.1) is 0 Å². The molecule has 1 saturated heterocycles. The Morgan fingerprint density at radius 3 is 1.95 bits per heavy atom. The molecule has 0 aliphatic carbocycles. The molecule has 7 heteroatoms. The molecule has 0 radical (unpaired) electrons. The van der Waals surface area contributed by atoms with E-state index in [0.29, 0.717) is 24.4 Å². The van der Waals surface area contributed by atoms with Gasteiger partial charge in [0, 0.05) is 24.8 Å². The molecule has 262 valence electrons. The van der Waals surface area contributed by atoms with Gasteiger partial charge < -0.3 is 19.5 Å². The largest absolute Gasteiger partial charge is 0.396 e. The summed E-state index contributed by atoms with van der Waals surface area (Å²) >= 11 is 1.61. The second-order valence-electron chi connectivity index (χ2n) is 13.6. The normalized spacial score (nSPS) is 17.0. The SMILES string of the molecule is CCCCCCCCCCCC(=O)SCCC[SiH]1CCCCCCN1C(CCCCCCCCCCCCO)CCOCO. The average Bonchev–Trinajstić information content (AvgIpc) is 3.01. The highest BCUT2D eigenvalue weighted by atomic mass is 32.2. The summed E-state index contributed by atoms with van der Waals surface area (Å²) in [6.07, 6.45) is 34.3. The molecule has 0 aromatic carbocycles. The number of unbranched alkanes of at least 4 members (excludes halogenated alkanes) is 17. The van der Waals surface area contributed by atoms with Gasteiger partial charge in [-0.3, -0.25) is 4.79 Å². The first-order chi connectivity index (χ1) is 21.7. The van der Waals surface area contributed by atoms with E-state index in [1.54, 1.807) is 11.8 Å². The number of thioether (sulfide) groups is 1. The highest BCUT2D eigenvalue weighted by Crippen LogP contribution is 2.26.